The summed E-state index contributed by atoms with van der Waals surface area (Å²) in [6.07, 6.45) is -0.634. The fourth-order valence-corrected chi connectivity index (χ4v) is 3.30. The minimum atomic E-state index is -0.634. The number of piperazine rings is 1. The number of hydrogen-bond acceptors (Lipinski definition) is 6. The maximum atomic E-state index is 12.9. The minimum absolute atomic E-state index is 0.155. The van der Waals surface area contributed by atoms with Gasteiger partial charge in [-0.3, -0.25) is 14.6 Å². The van der Waals surface area contributed by atoms with E-state index in [9.17, 15) is 14.3 Å². The highest BCUT2D eigenvalue weighted by molar-refractivity contribution is 5.78. The lowest BCUT2D eigenvalue weighted by Gasteiger charge is -2.37. The van der Waals surface area contributed by atoms with Crippen LogP contribution in [0.3, 0.4) is 0 Å². The van der Waals surface area contributed by atoms with Gasteiger partial charge in [0.05, 0.1) is 19.8 Å². The van der Waals surface area contributed by atoms with Crippen LogP contribution in [0.1, 0.15) is 0 Å². The van der Waals surface area contributed by atoms with Gasteiger partial charge in [0, 0.05) is 45.8 Å². The number of morpholine rings is 1. The van der Waals surface area contributed by atoms with Gasteiger partial charge in [-0.15, -0.1) is 0 Å². The highest BCUT2D eigenvalue weighted by Crippen LogP contribution is 2.12. The molecule has 1 amide bonds. The minimum Gasteiger partial charge on any atom is -0.491 e. The number of aliphatic hydroxyl groups excluding tert-OH is 1. The number of carbonyl (C=O) groups is 1. The Balaban J connectivity index is 1.33. The summed E-state index contributed by atoms with van der Waals surface area (Å²) in [4.78, 5) is 18.6. The monoisotopic (exact) mass is 381 g/mol. The highest BCUT2D eigenvalue weighted by atomic mass is 19.1. The van der Waals surface area contributed by atoms with E-state index in [2.05, 4.69) is 9.80 Å². The number of halogens is 1. The molecular formula is C19H28FN3O4. The second-order valence-electron chi connectivity index (χ2n) is 6.99. The van der Waals surface area contributed by atoms with Crippen LogP contribution in [0.25, 0.3) is 0 Å². The Bertz CT molecular complexity index is 587. The summed E-state index contributed by atoms with van der Waals surface area (Å²) in [6.45, 7) is 6.94. The average molecular weight is 381 g/mol. The number of carbonyl (C=O) groups excluding carboxylic acids is 1. The summed E-state index contributed by atoms with van der Waals surface area (Å²) in [5, 5.41) is 10.2. The molecule has 0 aliphatic carbocycles. The Labute approximate surface area is 159 Å². The molecule has 150 valence electrons. The van der Waals surface area contributed by atoms with Gasteiger partial charge in [0.1, 0.15) is 24.3 Å². The molecule has 1 N–H and O–H groups in total. The maximum Gasteiger partial charge on any atom is 0.236 e. The number of β-amino-alcohol motifs (C(OH)–C–C–N with tert-alkyl or cyclic N) is 1. The van der Waals surface area contributed by atoms with E-state index in [4.69, 9.17) is 9.47 Å². The fraction of sp³-hybridized carbons (Fsp3) is 0.632. The third-order valence-electron chi connectivity index (χ3n) is 4.91. The molecule has 0 saturated carbocycles. The van der Waals surface area contributed by atoms with Crippen molar-refractivity contribution in [3.05, 3.63) is 30.1 Å². The first-order chi connectivity index (χ1) is 13.1. The number of aliphatic hydroxyl groups is 1. The Hall–Kier alpha value is -1.74. The van der Waals surface area contributed by atoms with Gasteiger partial charge in [-0.25, -0.2) is 4.39 Å². The lowest BCUT2D eigenvalue weighted by molar-refractivity contribution is -0.135. The van der Waals surface area contributed by atoms with Gasteiger partial charge in [-0.1, -0.05) is 0 Å². The van der Waals surface area contributed by atoms with E-state index in [1.54, 1.807) is 12.1 Å². The van der Waals surface area contributed by atoms with Crippen LogP contribution in [0.15, 0.2) is 24.3 Å². The van der Waals surface area contributed by atoms with Crippen molar-refractivity contribution in [3.8, 4) is 5.75 Å². The third-order valence-corrected chi connectivity index (χ3v) is 4.91. The largest absolute Gasteiger partial charge is 0.491 e. The zero-order valence-corrected chi connectivity index (χ0v) is 15.6. The van der Waals surface area contributed by atoms with Gasteiger partial charge in [-0.05, 0) is 24.3 Å². The molecule has 2 heterocycles. The molecule has 0 aromatic heterocycles. The number of nitrogens with zero attached hydrogens (tertiary/aromatic N) is 3. The van der Waals surface area contributed by atoms with Crippen molar-refractivity contribution in [2.45, 2.75) is 6.10 Å². The molecule has 2 fully saturated rings. The maximum absolute atomic E-state index is 12.9. The zero-order valence-electron chi connectivity index (χ0n) is 15.6. The summed E-state index contributed by atoms with van der Waals surface area (Å²) in [6, 6.07) is 5.74. The predicted molar refractivity (Wildman–Crippen MR) is 98.2 cm³/mol. The van der Waals surface area contributed by atoms with Gasteiger partial charge in [0.2, 0.25) is 5.91 Å². The summed E-state index contributed by atoms with van der Waals surface area (Å²) >= 11 is 0. The third kappa shape index (κ3) is 6.42. The van der Waals surface area contributed by atoms with Crippen LogP contribution in [0.5, 0.6) is 5.75 Å². The van der Waals surface area contributed by atoms with Crippen LogP contribution < -0.4 is 4.74 Å². The zero-order chi connectivity index (χ0) is 19.1. The van der Waals surface area contributed by atoms with Crippen LogP contribution in [-0.2, 0) is 9.53 Å². The number of hydrogen-bond donors (Lipinski definition) is 1. The highest BCUT2D eigenvalue weighted by Gasteiger charge is 2.24. The number of ether oxygens (including phenoxy) is 2. The van der Waals surface area contributed by atoms with Crippen molar-refractivity contribution in [1.29, 1.82) is 0 Å². The molecule has 2 saturated heterocycles. The molecule has 7 nitrogen and oxygen atoms in total. The molecule has 0 spiro atoms. The molecule has 0 radical (unpaired) electrons. The molecule has 1 aromatic carbocycles. The van der Waals surface area contributed by atoms with Crippen molar-refractivity contribution in [2.24, 2.45) is 0 Å². The fourth-order valence-electron chi connectivity index (χ4n) is 3.30. The van der Waals surface area contributed by atoms with E-state index in [0.717, 1.165) is 26.2 Å². The lowest BCUT2D eigenvalue weighted by Crippen LogP contribution is -2.53. The topological polar surface area (TPSA) is 65.5 Å². The van der Waals surface area contributed by atoms with Crippen molar-refractivity contribution in [3.63, 3.8) is 0 Å². The molecule has 27 heavy (non-hydrogen) atoms. The summed E-state index contributed by atoms with van der Waals surface area (Å²) in [7, 11) is 0. The summed E-state index contributed by atoms with van der Waals surface area (Å²) < 4.78 is 23.7. The number of rotatable bonds is 7. The first kappa shape index (κ1) is 20.0. The summed E-state index contributed by atoms with van der Waals surface area (Å²) in [5.41, 5.74) is 0. The van der Waals surface area contributed by atoms with Crippen molar-refractivity contribution < 1.29 is 23.8 Å². The van der Waals surface area contributed by atoms with E-state index in [-0.39, 0.29) is 18.3 Å². The Morgan fingerprint density at radius 3 is 2.41 bits per heavy atom. The van der Waals surface area contributed by atoms with Crippen molar-refractivity contribution in [2.75, 3.05) is 72.2 Å². The molecule has 1 atom stereocenters. The molecule has 2 aliphatic rings. The molecule has 1 unspecified atom stereocenters. The Morgan fingerprint density at radius 1 is 1.07 bits per heavy atom. The predicted octanol–water partition coefficient (Wildman–Crippen LogP) is 0.0418. The van der Waals surface area contributed by atoms with Crippen LogP contribution in [0, 0.1) is 5.82 Å². The second kappa shape index (κ2) is 9.98. The van der Waals surface area contributed by atoms with Gasteiger partial charge in [0.15, 0.2) is 0 Å². The van der Waals surface area contributed by atoms with E-state index in [0.29, 0.717) is 45.1 Å². The van der Waals surface area contributed by atoms with E-state index in [1.165, 1.54) is 12.1 Å². The average Bonchev–Trinajstić information content (AvgIpc) is 2.69. The van der Waals surface area contributed by atoms with E-state index in [1.807, 2.05) is 4.90 Å². The molecular weight excluding hydrogens is 353 g/mol. The van der Waals surface area contributed by atoms with Gasteiger partial charge >= 0.3 is 0 Å². The van der Waals surface area contributed by atoms with Gasteiger partial charge in [0.25, 0.3) is 0 Å². The standard InChI is InChI=1S/C19H28FN3O4/c20-16-1-3-18(4-2-16)27-15-17(24)13-21-5-7-23(8-6-21)19(25)14-22-9-11-26-12-10-22/h1-4,17,24H,5-15H2. The molecule has 3 rings (SSSR count). The normalized spacial score (nSPS) is 20.4. The van der Waals surface area contributed by atoms with E-state index < -0.39 is 6.10 Å². The lowest BCUT2D eigenvalue weighted by atomic mass is 10.2. The molecule has 1 aromatic rings. The van der Waals surface area contributed by atoms with Gasteiger partial charge < -0.3 is 19.5 Å². The SMILES string of the molecule is O=C(CN1CCOCC1)N1CCN(CC(O)COc2ccc(F)cc2)CC1. The quantitative estimate of drug-likeness (QED) is 0.720. The first-order valence-corrected chi connectivity index (χ1v) is 9.47. The Morgan fingerprint density at radius 2 is 1.74 bits per heavy atom. The van der Waals surface area contributed by atoms with Crippen LogP contribution in [0.4, 0.5) is 4.39 Å². The molecule has 2 aliphatic heterocycles. The first-order valence-electron chi connectivity index (χ1n) is 9.47. The van der Waals surface area contributed by atoms with Crippen LogP contribution in [0.2, 0.25) is 0 Å². The van der Waals surface area contributed by atoms with Crippen LogP contribution in [-0.4, -0.2) is 104 Å². The molecule has 0 bridgehead atoms. The van der Waals surface area contributed by atoms with Crippen LogP contribution >= 0.6 is 0 Å². The van der Waals surface area contributed by atoms with Crippen molar-refractivity contribution >= 4 is 5.91 Å². The van der Waals surface area contributed by atoms with Gasteiger partial charge in [-0.2, -0.15) is 0 Å². The Kier molecular flexibility index (Phi) is 7.40. The number of benzene rings is 1. The van der Waals surface area contributed by atoms with Crippen molar-refractivity contribution in [1.82, 2.24) is 14.7 Å². The second-order valence-corrected chi connectivity index (χ2v) is 6.99. The van der Waals surface area contributed by atoms with E-state index >= 15 is 0 Å². The smallest absolute Gasteiger partial charge is 0.236 e. The number of amides is 1. The molecule has 8 heteroatoms. The summed E-state index contributed by atoms with van der Waals surface area (Å²) in [5.74, 6) is 0.384.